The number of fused-ring (bicyclic) bond motifs is 1. The van der Waals surface area contributed by atoms with Crippen molar-refractivity contribution < 1.29 is 0 Å². The molecule has 1 aromatic heterocycles. The van der Waals surface area contributed by atoms with Crippen LogP contribution in [0.4, 0.5) is 0 Å². The van der Waals surface area contributed by atoms with Gasteiger partial charge in [0.1, 0.15) is 5.82 Å². The first kappa shape index (κ1) is 13.8. The molecule has 2 unspecified atom stereocenters. The predicted octanol–water partition coefficient (Wildman–Crippen LogP) is 4.40. The standard InChI is InChI=1S/C14H19ClN2S/c1-9-6-5-7-12-13(9)17(8-10(2)18-4)14(16-12)11(3)15/h5-7,10-11H,8H2,1-4H3. The Hall–Kier alpha value is -0.670. The molecule has 4 heteroatoms. The Morgan fingerprint density at radius 2 is 2.11 bits per heavy atom. The third-order valence-electron chi connectivity index (χ3n) is 3.20. The fourth-order valence-corrected chi connectivity index (χ4v) is 2.67. The van der Waals surface area contributed by atoms with Crippen LogP contribution in [0.15, 0.2) is 18.2 Å². The van der Waals surface area contributed by atoms with Crippen molar-refractivity contribution in [1.29, 1.82) is 0 Å². The molecule has 0 aliphatic heterocycles. The maximum Gasteiger partial charge on any atom is 0.127 e. The summed E-state index contributed by atoms with van der Waals surface area (Å²) >= 11 is 8.13. The number of nitrogens with zero attached hydrogens (tertiary/aromatic N) is 2. The minimum atomic E-state index is -0.0640. The van der Waals surface area contributed by atoms with Gasteiger partial charge < -0.3 is 4.57 Å². The number of benzene rings is 1. The van der Waals surface area contributed by atoms with Gasteiger partial charge in [0.05, 0.1) is 16.4 Å². The smallest absolute Gasteiger partial charge is 0.127 e. The van der Waals surface area contributed by atoms with E-state index in [0.717, 1.165) is 17.9 Å². The second kappa shape index (κ2) is 5.54. The van der Waals surface area contributed by atoms with Crippen LogP contribution in [0.25, 0.3) is 11.0 Å². The molecule has 0 spiro atoms. The van der Waals surface area contributed by atoms with Crippen molar-refractivity contribution in [2.24, 2.45) is 0 Å². The van der Waals surface area contributed by atoms with Gasteiger partial charge in [0.15, 0.2) is 0 Å². The van der Waals surface area contributed by atoms with Crippen molar-refractivity contribution in [1.82, 2.24) is 9.55 Å². The summed E-state index contributed by atoms with van der Waals surface area (Å²) in [5, 5.41) is 0.488. The highest BCUT2D eigenvalue weighted by molar-refractivity contribution is 7.99. The number of thioether (sulfide) groups is 1. The lowest BCUT2D eigenvalue weighted by Gasteiger charge is -2.15. The number of hydrogen-bond donors (Lipinski definition) is 0. The number of halogens is 1. The Morgan fingerprint density at radius 1 is 1.39 bits per heavy atom. The minimum Gasteiger partial charge on any atom is -0.325 e. The van der Waals surface area contributed by atoms with Crippen LogP contribution >= 0.6 is 23.4 Å². The van der Waals surface area contributed by atoms with Crippen molar-refractivity contribution in [2.75, 3.05) is 6.26 Å². The zero-order chi connectivity index (χ0) is 13.3. The molecule has 2 rings (SSSR count). The molecule has 2 aromatic rings. The molecule has 0 aliphatic rings. The van der Waals surface area contributed by atoms with Crippen molar-refractivity contribution in [3.8, 4) is 0 Å². The summed E-state index contributed by atoms with van der Waals surface area (Å²) in [6.07, 6.45) is 2.14. The summed E-state index contributed by atoms with van der Waals surface area (Å²) in [4.78, 5) is 4.68. The molecule has 98 valence electrons. The van der Waals surface area contributed by atoms with Gasteiger partial charge in [-0.05, 0) is 31.7 Å². The van der Waals surface area contributed by atoms with E-state index in [1.165, 1.54) is 11.1 Å². The van der Waals surface area contributed by atoms with Crippen molar-refractivity contribution in [2.45, 2.75) is 37.9 Å². The van der Waals surface area contributed by atoms with Crippen LogP contribution in [0, 0.1) is 6.92 Å². The third kappa shape index (κ3) is 2.52. The number of para-hydroxylation sites is 1. The average molecular weight is 283 g/mol. The Bertz CT molecular complexity index is 548. The number of hydrogen-bond acceptors (Lipinski definition) is 2. The molecular formula is C14H19ClN2S. The monoisotopic (exact) mass is 282 g/mol. The van der Waals surface area contributed by atoms with Crippen LogP contribution in [-0.2, 0) is 6.54 Å². The first-order valence-corrected chi connectivity index (χ1v) is 7.89. The Balaban J connectivity index is 2.61. The fraction of sp³-hybridized carbons (Fsp3) is 0.500. The second-order valence-electron chi connectivity index (χ2n) is 4.69. The van der Waals surface area contributed by atoms with Gasteiger partial charge >= 0.3 is 0 Å². The highest BCUT2D eigenvalue weighted by Crippen LogP contribution is 2.27. The van der Waals surface area contributed by atoms with E-state index in [0.29, 0.717) is 5.25 Å². The average Bonchev–Trinajstić information content (AvgIpc) is 2.69. The van der Waals surface area contributed by atoms with Crippen LogP contribution in [0.2, 0.25) is 0 Å². The quantitative estimate of drug-likeness (QED) is 0.774. The summed E-state index contributed by atoms with van der Waals surface area (Å²) < 4.78 is 2.28. The van der Waals surface area contributed by atoms with Crippen LogP contribution in [0.1, 0.15) is 30.6 Å². The van der Waals surface area contributed by atoms with Crippen molar-refractivity contribution in [3.05, 3.63) is 29.6 Å². The van der Waals surface area contributed by atoms with Gasteiger partial charge in [-0.1, -0.05) is 19.1 Å². The van der Waals surface area contributed by atoms with Crippen LogP contribution < -0.4 is 0 Å². The Kier molecular flexibility index (Phi) is 4.23. The van der Waals surface area contributed by atoms with E-state index >= 15 is 0 Å². The molecule has 2 nitrogen and oxygen atoms in total. The molecule has 0 radical (unpaired) electrons. The highest BCUT2D eigenvalue weighted by atomic mass is 35.5. The normalized spacial score (nSPS) is 14.9. The zero-order valence-corrected chi connectivity index (χ0v) is 12.8. The number of imidazole rings is 1. The molecule has 18 heavy (non-hydrogen) atoms. The molecule has 0 amide bonds. The SMILES string of the molecule is CSC(C)Cn1c(C(C)Cl)nc2cccc(C)c21. The first-order valence-electron chi connectivity index (χ1n) is 6.17. The zero-order valence-electron chi connectivity index (χ0n) is 11.3. The van der Waals surface area contributed by atoms with Crippen LogP contribution in [0.5, 0.6) is 0 Å². The molecule has 0 fully saturated rings. The summed E-state index contributed by atoms with van der Waals surface area (Å²) in [7, 11) is 0. The maximum atomic E-state index is 6.27. The molecule has 0 saturated heterocycles. The van der Waals surface area contributed by atoms with Gasteiger partial charge in [0.25, 0.3) is 0 Å². The van der Waals surface area contributed by atoms with Gasteiger partial charge in [0, 0.05) is 11.8 Å². The molecule has 0 N–H and O–H groups in total. The van der Waals surface area contributed by atoms with Gasteiger partial charge in [0.2, 0.25) is 0 Å². The van der Waals surface area contributed by atoms with E-state index in [2.05, 4.69) is 47.9 Å². The summed E-state index contributed by atoms with van der Waals surface area (Å²) in [5.41, 5.74) is 3.53. The number of alkyl halides is 1. The summed E-state index contributed by atoms with van der Waals surface area (Å²) in [6, 6.07) is 6.24. The summed E-state index contributed by atoms with van der Waals surface area (Å²) in [6.45, 7) is 7.30. The van der Waals surface area contributed by atoms with Gasteiger partial charge in [-0.2, -0.15) is 11.8 Å². The molecule has 1 heterocycles. The predicted molar refractivity (Wildman–Crippen MR) is 81.7 cm³/mol. The lowest BCUT2D eigenvalue weighted by atomic mass is 10.2. The molecule has 0 bridgehead atoms. The molecular weight excluding hydrogens is 264 g/mol. The van der Waals surface area contributed by atoms with E-state index in [9.17, 15) is 0 Å². The van der Waals surface area contributed by atoms with E-state index in [1.54, 1.807) is 0 Å². The number of aromatic nitrogens is 2. The number of rotatable bonds is 4. The van der Waals surface area contributed by atoms with Crippen LogP contribution in [0.3, 0.4) is 0 Å². The molecule has 1 aromatic carbocycles. The maximum absolute atomic E-state index is 6.27. The largest absolute Gasteiger partial charge is 0.325 e. The molecule has 0 saturated carbocycles. The molecule has 0 aliphatic carbocycles. The lowest BCUT2D eigenvalue weighted by molar-refractivity contribution is 0.664. The van der Waals surface area contributed by atoms with Crippen LogP contribution in [-0.4, -0.2) is 21.1 Å². The van der Waals surface area contributed by atoms with Crippen molar-refractivity contribution in [3.63, 3.8) is 0 Å². The van der Waals surface area contributed by atoms with Gasteiger partial charge in [-0.3, -0.25) is 0 Å². The minimum absolute atomic E-state index is 0.0640. The van der Waals surface area contributed by atoms with Gasteiger partial charge in [-0.25, -0.2) is 4.98 Å². The van der Waals surface area contributed by atoms with E-state index in [1.807, 2.05) is 18.7 Å². The molecule has 2 atom stereocenters. The Labute approximate surface area is 118 Å². The number of aryl methyl sites for hydroxylation is 1. The van der Waals surface area contributed by atoms with Gasteiger partial charge in [-0.15, -0.1) is 11.6 Å². The highest BCUT2D eigenvalue weighted by Gasteiger charge is 2.17. The van der Waals surface area contributed by atoms with E-state index in [4.69, 9.17) is 11.6 Å². The fourth-order valence-electron chi connectivity index (χ4n) is 2.20. The topological polar surface area (TPSA) is 17.8 Å². The second-order valence-corrected chi connectivity index (χ2v) is 6.62. The first-order chi connectivity index (χ1) is 8.54. The Morgan fingerprint density at radius 3 is 2.72 bits per heavy atom. The van der Waals surface area contributed by atoms with E-state index < -0.39 is 0 Å². The van der Waals surface area contributed by atoms with E-state index in [-0.39, 0.29) is 5.38 Å². The summed E-state index contributed by atoms with van der Waals surface area (Å²) in [5.74, 6) is 0.974. The lowest BCUT2D eigenvalue weighted by Crippen LogP contribution is -2.12. The third-order valence-corrected chi connectivity index (χ3v) is 4.34. The van der Waals surface area contributed by atoms with Crippen molar-refractivity contribution >= 4 is 34.4 Å².